The number of nitrogens with zero attached hydrogens (tertiary/aromatic N) is 2. The number of aryl methyl sites for hydroxylation is 4. The highest BCUT2D eigenvalue weighted by atomic mass is 15.1. The van der Waals surface area contributed by atoms with Crippen molar-refractivity contribution in [2.24, 2.45) is 10.2 Å². The number of hydrogen-bond acceptors (Lipinski definition) is 2. The third-order valence-electron chi connectivity index (χ3n) is 10.2. The summed E-state index contributed by atoms with van der Waals surface area (Å²) in [6.45, 7) is 0. The van der Waals surface area contributed by atoms with Gasteiger partial charge in [0, 0.05) is 11.8 Å². The SMILES string of the molecule is C1=CC(c2ccc(CCc3ccc(N=Nc4ccc(CCc5ccc(C6C=CC(c7ccccc7)=C6)cc5)cc4)cc3)cc2)C=C1c1ccccc1. The van der Waals surface area contributed by atoms with Crippen molar-refractivity contribution in [1.29, 1.82) is 0 Å². The fraction of sp³-hybridized carbons (Fsp3) is 0.120. The first kappa shape index (κ1) is 33.0. The van der Waals surface area contributed by atoms with Crippen molar-refractivity contribution < 1.29 is 0 Å². The quantitative estimate of drug-likeness (QED) is 0.116. The molecule has 2 atom stereocenters. The molecule has 0 saturated carbocycles. The van der Waals surface area contributed by atoms with Crippen LogP contribution in [-0.2, 0) is 25.7 Å². The average molecular weight is 671 g/mol. The van der Waals surface area contributed by atoms with E-state index in [-0.39, 0.29) is 0 Å². The minimum atomic E-state index is 0.338. The maximum atomic E-state index is 4.50. The van der Waals surface area contributed by atoms with Gasteiger partial charge in [0.1, 0.15) is 0 Å². The summed E-state index contributed by atoms with van der Waals surface area (Å²) in [4.78, 5) is 0. The third-order valence-corrected chi connectivity index (χ3v) is 10.2. The second kappa shape index (κ2) is 15.8. The lowest BCUT2D eigenvalue weighted by atomic mass is 9.97. The van der Waals surface area contributed by atoms with E-state index in [4.69, 9.17) is 0 Å². The highest BCUT2D eigenvalue weighted by molar-refractivity contribution is 5.79. The van der Waals surface area contributed by atoms with E-state index in [1.54, 1.807) is 0 Å². The second-order valence-electron chi connectivity index (χ2n) is 13.8. The molecule has 0 fully saturated rings. The number of azo groups is 1. The van der Waals surface area contributed by atoms with Crippen molar-refractivity contribution in [2.75, 3.05) is 0 Å². The van der Waals surface area contributed by atoms with Crippen LogP contribution >= 0.6 is 0 Å². The molecule has 0 radical (unpaired) electrons. The topological polar surface area (TPSA) is 24.7 Å². The van der Waals surface area contributed by atoms with Crippen LogP contribution < -0.4 is 0 Å². The predicted octanol–water partition coefficient (Wildman–Crippen LogP) is 13.1. The van der Waals surface area contributed by atoms with Gasteiger partial charge in [0.15, 0.2) is 0 Å². The number of rotatable bonds is 12. The van der Waals surface area contributed by atoms with Crippen LogP contribution in [0.25, 0.3) is 11.1 Å². The Morgan fingerprint density at radius 2 is 0.673 bits per heavy atom. The summed E-state index contributed by atoms with van der Waals surface area (Å²) >= 11 is 0. The standard InChI is InChI=1S/C50H42N2/c1-3-7-41(8-4-1)45-27-29-47(35-45)43-23-15-37(16-24-43)11-13-39-19-31-49(32-20-39)51-52-50-33-21-40(22-34-50)14-12-38-17-25-44(26-18-38)48-30-28-46(36-48)42-9-5-2-6-10-42/h1-10,15-36,47-48H,11-14H2. The average Bonchev–Trinajstić information content (AvgIpc) is 3.92. The van der Waals surface area contributed by atoms with Crippen molar-refractivity contribution in [3.05, 3.63) is 239 Å². The van der Waals surface area contributed by atoms with E-state index in [9.17, 15) is 0 Å². The second-order valence-corrected chi connectivity index (χ2v) is 13.8. The Balaban J connectivity index is 0.783. The van der Waals surface area contributed by atoms with Crippen LogP contribution in [0, 0.1) is 0 Å². The lowest BCUT2D eigenvalue weighted by Crippen LogP contribution is -1.93. The number of hydrogen-bond donors (Lipinski definition) is 0. The smallest absolute Gasteiger partial charge is 0.0857 e. The highest BCUT2D eigenvalue weighted by Crippen LogP contribution is 2.33. The van der Waals surface area contributed by atoms with E-state index in [1.807, 2.05) is 0 Å². The molecule has 0 aromatic heterocycles. The molecule has 8 rings (SSSR count). The summed E-state index contributed by atoms with van der Waals surface area (Å²) in [6.07, 6.45) is 17.8. The molecule has 0 saturated heterocycles. The van der Waals surface area contributed by atoms with Crippen molar-refractivity contribution in [1.82, 2.24) is 0 Å². The Morgan fingerprint density at radius 3 is 1.02 bits per heavy atom. The van der Waals surface area contributed by atoms with Crippen LogP contribution in [0.15, 0.2) is 204 Å². The summed E-state index contributed by atoms with van der Waals surface area (Å²) in [5.41, 5.74) is 14.9. The van der Waals surface area contributed by atoms with Crippen LogP contribution in [0.3, 0.4) is 0 Å². The van der Waals surface area contributed by atoms with Crippen molar-refractivity contribution in [3.63, 3.8) is 0 Å². The summed E-state index contributed by atoms with van der Waals surface area (Å²) < 4.78 is 0. The molecule has 6 aromatic rings. The molecule has 2 unspecified atom stereocenters. The summed E-state index contributed by atoms with van der Waals surface area (Å²) in [5, 5.41) is 9.00. The molecule has 252 valence electrons. The van der Waals surface area contributed by atoms with Gasteiger partial charge < -0.3 is 0 Å². The Bertz CT molecular complexity index is 2070. The summed E-state index contributed by atoms with van der Waals surface area (Å²) in [7, 11) is 0. The van der Waals surface area contributed by atoms with Crippen LogP contribution in [0.5, 0.6) is 0 Å². The molecular formula is C50H42N2. The Labute approximate surface area is 308 Å². The van der Waals surface area contributed by atoms with Crippen LogP contribution in [0.4, 0.5) is 11.4 Å². The molecule has 0 bridgehead atoms. The molecule has 2 aliphatic carbocycles. The van der Waals surface area contributed by atoms with Gasteiger partial charge in [0.05, 0.1) is 11.4 Å². The zero-order valence-electron chi connectivity index (χ0n) is 29.4. The molecule has 0 N–H and O–H groups in total. The molecular weight excluding hydrogens is 629 g/mol. The lowest BCUT2D eigenvalue weighted by Gasteiger charge is -2.08. The molecule has 2 aliphatic rings. The maximum absolute atomic E-state index is 4.50. The van der Waals surface area contributed by atoms with E-state index in [0.29, 0.717) is 11.8 Å². The highest BCUT2D eigenvalue weighted by Gasteiger charge is 2.14. The van der Waals surface area contributed by atoms with Gasteiger partial charge in [-0.25, -0.2) is 0 Å². The Morgan fingerprint density at radius 1 is 0.346 bits per heavy atom. The maximum Gasteiger partial charge on any atom is 0.0857 e. The zero-order valence-corrected chi connectivity index (χ0v) is 29.4. The molecule has 0 amide bonds. The predicted molar refractivity (Wildman–Crippen MR) is 217 cm³/mol. The zero-order chi connectivity index (χ0) is 35.0. The largest absolute Gasteiger partial charge is 0.151 e. The van der Waals surface area contributed by atoms with E-state index in [1.165, 1.54) is 55.7 Å². The first-order valence-electron chi connectivity index (χ1n) is 18.4. The van der Waals surface area contributed by atoms with Gasteiger partial charge in [-0.05, 0) is 106 Å². The fourth-order valence-corrected chi connectivity index (χ4v) is 7.05. The van der Waals surface area contributed by atoms with Crippen LogP contribution in [0.1, 0.15) is 56.3 Å². The van der Waals surface area contributed by atoms with Gasteiger partial charge in [-0.15, -0.1) is 0 Å². The normalized spacial score (nSPS) is 16.4. The van der Waals surface area contributed by atoms with Crippen LogP contribution in [-0.4, -0.2) is 0 Å². The fourth-order valence-electron chi connectivity index (χ4n) is 7.05. The minimum absolute atomic E-state index is 0.338. The van der Waals surface area contributed by atoms with Gasteiger partial charge in [-0.1, -0.05) is 170 Å². The van der Waals surface area contributed by atoms with Gasteiger partial charge in [-0.3, -0.25) is 0 Å². The number of benzene rings is 6. The first-order valence-corrected chi connectivity index (χ1v) is 18.4. The molecule has 52 heavy (non-hydrogen) atoms. The minimum Gasteiger partial charge on any atom is -0.151 e. The van der Waals surface area contributed by atoms with Crippen LogP contribution in [0.2, 0.25) is 0 Å². The third kappa shape index (κ3) is 8.25. The molecule has 0 heterocycles. The van der Waals surface area contributed by atoms with Gasteiger partial charge >= 0.3 is 0 Å². The molecule has 2 heteroatoms. The van der Waals surface area contributed by atoms with E-state index in [2.05, 4.69) is 204 Å². The van der Waals surface area contributed by atoms with E-state index < -0.39 is 0 Å². The Kier molecular flexibility index (Phi) is 10.1. The number of allylic oxidation sites excluding steroid dienone is 8. The van der Waals surface area contributed by atoms with E-state index in [0.717, 1.165) is 37.1 Å². The monoisotopic (exact) mass is 670 g/mol. The lowest BCUT2D eigenvalue weighted by molar-refractivity contribution is 0.955. The van der Waals surface area contributed by atoms with Gasteiger partial charge in [0.25, 0.3) is 0 Å². The van der Waals surface area contributed by atoms with Crippen molar-refractivity contribution in [2.45, 2.75) is 37.5 Å². The first-order chi connectivity index (χ1) is 25.7. The summed E-state index contributed by atoms with van der Waals surface area (Å²) in [5.74, 6) is 0.677. The Hall–Kier alpha value is -6.12. The van der Waals surface area contributed by atoms with Gasteiger partial charge in [0.2, 0.25) is 0 Å². The molecule has 2 nitrogen and oxygen atoms in total. The van der Waals surface area contributed by atoms with Crippen molar-refractivity contribution in [3.8, 4) is 0 Å². The van der Waals surface area contributed by atoms with Gasteiger partial charge in [-0.2, -0.15) is 10.2 Å². The molecule has 6 aromatic carbocycles. The van der Waals surface area contributed by atoms with Crippen molar-refractivity contribution >= 4 is 22.5 Å². The molecule has 0 aliphatic heterocycles. The molecule has 0 spiro atoms. The van der Waals surface area contributed by atoms with E-state index >= 15 is 0 Å². The summed E-state index contributed by atoms with van der Waals surface area (Å²) in [6, 6.07) is 56.3.